The molecule has 2 heteroatoms. The van der Waals surface area contributed by atoms with E-state index in [1.807, 2.05) is 13.8 Å². The largest absolute Gasteiger partial charge is 0.375 e. The van der Waals surface area contributed by atoms with E-state index in [0.29, 0.717) is 6.61 Å². The van der Waals surface area contributed by atoms with E-state index in [1.54, 1.807) is 13.0 Å². The van der Waals surface area contributed by atoms with Gasteiger partial charge in [-0.2, -0.15) is 0 Å². The average molecular weight is 142 g/mol. The van der Waals surface area contributed by atoms with Crippen molar-refractivity contribution in [3.63, 3.8) is 0 Å². The molecular formula is C8H14O2. The number of hydrogen-bond acceptors (Lipinski definition) is 2. The van der Waals surface area contributed by atoms with Gasteiger partial charge in [0.1, 0.15) is 6.29 Å². The minimum absolute atomic E-state index is 0.232. The second kappa shape index (κ2) is 5.18. The lowest BCUT2D eigenvalue weighted by molar-refractivity contribution is -0.104. The fourth-order valence-corrected chi connectivity index (χ4v) is 0.420. The number of aldehydes is 1. The fraction of sp³-hybridized carbons (Fsp3) is 0.625. The van der Waals surface area contributed by atoms with Crippen molar-refractivity contribution >= 4 is 6.29 Å². The summed E-state index contributed by atoms with van der Waals surface area (Å²) in [5, 5.41) is 0. The monoisotopic (exact) mass is 142 g/mol. The molecule has 0 spiro atoms. The second-order valence-electron chi connectivity index (χ2n) is 2.45. The Bertz CT molecular complexity index is 125. The maximum Gasteiger partial charge on any atom is 0.145 e. The van der Waals surface area contributed by atoms with E-state index in [0.717, 1.165) is 11.9 Å². The molecule has 0 fully saturated rings. The molecule has 0 N–H and O–H groups in total. The van der Waals surface area contributed by atoms with Gasteiger partial charge >= 0.3 is 0 Å². The normalized spacial score (nSPS) is 12.2. The van der Waals surface area contributed by atoms with Crippen molar-refractivity contribution in [3.8, 4) is 0 Å². The summed E-state index contributed by atoms with van der Waals surface area (Å²) in [5.74, 6) is 0. The van der Waals surface area contributed by atoms with Crippen LogP contribution in [0, 0.1) is 0 Å². The Morgan fingerprint density at radius 3 is 2.60 bits per heavy atom. The van der Waals surface area contributed by atoms with Gasteiger partial charge in [-0.25, -0.2) is 0 Å². The molecule has 0 heterocycles. The van der Waals surface area contributed by atoms with Gasteiger partial charge in [-0.1, -0.05) is 6.08 Å². The third-order valence-corrected chi connectivity index (χ3v) is 1.02. The topological polar surface area (TPSA) is 26.3 Å². The van der Waals surface area contributed by atoms with Crippen LogP contribution in [0.3, 0.4) is 0 Å². The third-order valence-electron chi connectivity index (χ3n) is 1.02. The predicted molar refractivity (Wildman–Crippen MR) is 40.9 cm³/mol. The third kappa shape index (κ3) is 5.51. The van der Waals surface area contributed by atoms with E-state index in [9.17, 15) is 4.79 Å². The van der Waals surface area contributed by atoms with Gasteiger partial charge < -0.3 is 4.74 Å². The predicted octanol–water partition coefficient (Wildman–Crippen LogP) is 1.56. The van der Waals surface area contributed by atoms with Crippen molar-refractivity contribution in [3.05, 3.63) is 11.6 Å². The molecule has 58 valence electrons. The lowest BCUT2D eigenvalue weighted by Crippen LogP contribution is -2.02. The molecule has 0 aromatic rings. The van der Waals surface area contributed by atoms with Crippen LogP contribution in [0.5, 0.6) is 0 Å². The molecule has 0 aromatic heterocycles. The van der Waals surface area contributed by atoms with E-state index in [1.165, 1.54) is 0 Å². The zero-order valence-electron chi connectivity index (χ0n) is 6.76. The van der Waals surface area contributed by atoms with Crippen LogP contribution in [0.1, 0.15) is 20.8 Å². The maximum atomic E-state index is 10.1. The first kappa shape index (κ1) is 9.37. The van der Waals surface area contributed by atoms with E-state index >= 15 is 0 Å². The zero-order chi connectivity index (χ0) is 7.98. The van der Waals surface area contributed by atoms with E-state index in [2.05, 4.69) is 0 Å². The lowest BCUT2D eigenvalue weighted by atomic mass is 10.3. The number of rotatable bonds is 4. The number of allylic oxidation sites excluding steroid dienone is 1. The quantitative estimate of drug-likeness (QED) is 0.440. The van der Waals surface area contributed by atoms with Crippen molar-refractivity contribution in [1.29, 1.82) is 0 Å². The number of carbonyl (C=O) groups excluding carboxylic acids is 1. The van der Waals surface area contributed by atoms with Crippen LogP contribution in [0.2, 0.25) is 0 Å². The minimum Gasteiger partial charge on any atom is -0.375 e. The standard InChI is InChI=1S/C8H14O2/c1-7(2)10-5-4-8(3)6-9/h4,6-7H,5H2,1-3H3. The highest BCUT2D eigenvalue weighted by Gasteiger charge is 1.89. The Hall–Kier alpha value is -0.630. The molecular weight excluding hydrogens is 128 g/mol. The van der Waals surface area contributed by atoms with E-state index in [4.69, 9.17) is 4.74 Å². The number of hydrogen-bond donors (Lipinski definition) is 0. The Labute approximate surface area is 61.9 Å². The summed E-state index contributed by atoms with van der Waals surface area (Å²) in [5.41, 5.74) is 0.723. The highest BCUT2D eigenvalue weighted by atomic mass is 16.5. The van der Waals surface area contributed by atoms with Gasteiger partial charge in [0.15, 0.2) is 0 Å². The van der Waals surface area contributed by atoms with Crippen LogP contribution in [-0.4, -0.2) is 19.0 Å². The van der Waals surface area contributed by atoms with Crippen LogP contribution < -0.4 is 0 Å². The second-order valence-corrected chi connectivity index (χ2v) is 2.45. The van der Waals surface area contributed by atoms with Gasteiger partial charge in [0.25, 0.3) is 0 Å². The minimum atomic E-state index is 0.232. The highest BCUT2D eigenvalue weighted by molar-refractivity contribution is 5.71. The first-order valence-corrected chi connectivity index (χ1v) is 3.40. The van der Waals surface area contributed by atoms with Crippen LogP contribution in [0.4, 0.5) is 0 Å². The van der Waals surface area contributed by atoms with E-state index < -0.39 is 0 Å². The summed E-state index contributed by atoms with van der Waals surface area (Å²) in [7, 11) is 0. The Balaban J connectivity index is 3.43. The summed E-state index contributed by atoms with van der Waals surface area (Å²) in [6.45, 7) is 6.22. The van der Waals surface area contributed by atoms with Gasteiger partial charge in [0.2, 0.25) is 0 Å². The van der Waals surface area contributed by atoms with Crippen LogP contribution >= 0.6 is 0 Å². The van der Waals surface area contributed by atoms with Crippen LogP contribution in [0.25, 0.3) is 0 Å². The Morgan fingerprint density at radius 1 is 1.60 bits per heavy atom. The molecule has 0 atom stereocenters. The molecule has 0 rings (SSSR count). The maximum absolute atomic E-state index is 10.1. The Kier molecular flexibility index (Phi) is 4.85. The van der Waals surface area contributed by atoms with Crippen LogP contribution in [0.15, 0.2) is 11.6 Å². The van der Waals surface area contributed by atoms with Gasteiger partial charge in [-0.3, -0.25) is 4.79 Å². The lowest BCUT2D eigenvalue weighted by Gasteiger charge is -2.02. The van der Waals surface area contributed by atoms with Gasteiger partial charge in [-0.15, -0.1) is 0 Å². The smallest absolute Gasteiger partial charge is 0.145 e. The summed E-state index contributed by atoms with van der Waals surface area (Å²) in [6.07, 6.45) is 2.83. The summed E-state index contributed by atoms with van der Waals surface area (Å²) in [6, 6.07) is 0. The molecule has 0 aliphatic rings. The molecule has 0 bridgehead atoms. The van der Waals surface area contributed by atoms with Gasteiger partial charge in [-0.05, 0) is 26.3 Å². The van der Waals surface area contributed by atoms with Crippen molar-refractivity contribution in [2.75, 3.05) is 6.61 Å². The molecule has 0 unspecified atom stereocenters. The van der Waals surface area contributed by atoms with Gasteiger partial charge in [0.05, 0.1) is 12.7 Å². The summed E-state index contributed by atoms with van der Waals surface area (Å²) < 4.78 is 5.18. The van der Waals surface area contributed by atoms with Gasteiger partial charge in [0, 0.05) is 0 Å². The number of carbonyl (C=O) groups is 1. The molecule has 2 nitrogen and oxygen atoms in total. The van der Waals surface area contributed by atoms with Crippen molar-refractivity contribution in [2.45, 2.75) is 26.9 Å². The SMILES string of the molecule is CC(C=O)=CCOC(C)C. The fourth-order valence-electron chi connectivity index (χ4n) is 0.420. The summed E-state index contributed by atoms with van der Waals surface area (Å²) >= 11 is 0. The molecule has 0 amide bonds. The molecule has 0 saturated heterocycles. The Morgan fingerprint density at radius 2 is 2.20 bits per heavy atom. The molecule has 0 radical (unpaired) electrons. The molecule has 0 aromatic carbocycles. The zero-order valence-corrected chi connectivity index (χ0v) is 6.76. The van der Waals surface area contributed by atoms with Crippen molar-refractivity contribution < 1.29 is 9.53 Å². The summed E-state index contributed by atoms with van der Waals surface area (Å²) in [4.78, 5) is 10.1. The molecule has 0 saturated carbocycles. The van der Waals surface area contributed by atoms with Crippen molar-refractivity contribution in [1.82, 2.24) is 0 Å². The van der Waals surface area contributed by atoms with E-state index in [-0.39, 0.29) is 6.10 Å². The molecule has 10 heavy (non-hydrogen) atoms. The average Bonchev–Trinajstić information content (AvgIpc) is 1.87. The van der Waals surface area contributed by atoms with Crippen LogP contribution in [-0.2, 0) is 9.53 Å². The highest BCUT2D eigenvalue weighted by Crippen LogP contribution is 1.90. The van der Waals surface area contributed by atoms with Crippen molar-refractivity contribution in [2.24, 2.45) is 0 Å². The first-order valence-electron chi connectivity index (χ1n) is 3.40. The molecule has 0 aliphatic heterocycles. The molecule has 0 aliphatic carbocycles. The number of ether oxygens (including phenoxy) is 1. The first-order chi connectivity index (χ1) is 4.66.